The third-order valence-corrected chi connectivity index (χ3v) is 3.80. The summed E-state index contributed by atoms with van der Waals surface area (Å²) in [5.41, 5.74) is 2.12. The maximum Gasteiger partial charge on any atom is 0.269 e. The molecule has 2 aromatic carbocycles. The van der Waals surface area contributed by atoms with Crippen LogP contribution in [0.25, 0.3) is 0 Å². The van der Waals surface area contributed by atoms with Gasteiger partial charge < -0.3 is 20.0 Å². The summed E-state index contributed by atoms with van der Waals surface area (Å²) in [5.74, 6) is 0.156. The number of rotatable bonds is 5. The smallest absolute Gasteiger partial charge is 0.269 e. The van der Waals surface area contributed by atoms with Crippen molar-refractivity contribution in [2.75, 3.05) is 7.11 Å². The molecule has 0 aromatic heterocycles. The van der Waals surface area contributed by atoms with Crippen LogP contribution in [0.4, 0.5) is 0 Å². The number of oxime groups is 1. The first kappa shape index (κ1) is 15.9. The number of methoxy groups -OCH3 is 1. The van der Waals surface area contributed by atoms with Gasteiger partial charge in [-0.3, -0.25) is 4.79 Å². The summed E-state index contributed by atoms with van der Waals surface area (Å²) in [4.78, 5) is 17.5. The molecule has 0 unspecified atom stereocenters. The summed E-state index contributed by atoms with van der Waals surface area (Å²) in [6, 6.07) is 14.6. The molecule has 6 heteroatoms. The minimum Gasteiger partial charge on any atom is -0.504 e. The fourth-order valence-electron chi connectivity index (χ4n) is 2.49. The van der Waals surface area contributed by atoms with Crippen molar-refractivity contribution in [2.24, 2.45) is 5.16 Å². The number of carbonyl (C=O) groups is 1. The highest BCUT2D eigenvalue weighted by atomic mass is 16.6. The van der Waals surface area contributed by atoms with Crippen molar-refractivity contribution < 1.29 is 19.5 Å². The van der Waals surface area contributed by atoms with Gasteiger partial charge in [-0.1, -0.05) is 41.6 Å². The van der Waals surface area contributed by atoms with Crippen LogP contribution >= 0.6 is 0 Å². The largest absolute Gasteiger partial charge is 0.504 e. The second kappa shape index (κ2) is 7.04. The molecule has 1 amide bonds. The van der Waals surface area contributed by atoms with E-state index < -0.39 is 0 Å². The van der Waals surface area contributed by atoms with Crippen LogP contribution in [0.5, 0.6) is 11.5 Å². The van der Waals surface area contributed by atoms with Gasteiger partial charge in [0.25, 0.3) is 5.91 Å². The lowest BCUT2D eigenvalue weighted by Crippen LogP contribution is -2.29. The quantitative estimate of drug-likeness (QED) is 0.885. The molecule has 3 rings (SSSR count). The second-order valence-electron chi connectivity index (χ2n) is 5.44. The van der Waals surface area contributed by atoms with Gasteiger partial charge in [-0.2, -0.15) is 0 Å². The van der Waals surface area contributed by atoms with Gasteiger partial charge in [0, 0.05) is 13.0 Å². The lowest BCUT2D eigenvalue weighted by molar-refractivity contribution is -0.115. The van der Waals surface area contributed by atoms with Crippen LogP contribution in [-0.2, 0) is 16.2 Å². The number of carbonyl (C=O) groups excluding carboxylic acids is 1. The highest BCUT2D eigenvalue weighted by Crippen LogP contribution is 2.27. The minimum atomic E-state index is -0.274. The topological polar surface area (TPSA) is 80.2 Å². The molecule has 6 nitrogen and oxygen atoms in total. The number of hydrogen-bond acceptors (Lipinski definition) is 5. The van der Waals surface area contributed by atoms with Crippen LogP contribution in [0.3, 0.4) is 0 Å². The summed E-state index contributed by atoms with van der Waals surface area (Å²) in [6.45, 7) is 0.283. The molecule has 0 spiro atoms. The van der Waals surface area contributed by atoms with Gasteiger partial charge in [0.05, 0.1) is 7.11 Å². The van der Waals surface area contributed by atoms with Crippen molar-refractivity contribution >= 4 is 11.6 Å². The minimum absolute atomic E-state index is 0.0370. The molecule has 1 heterocycles. The lowest BCUT2D eigenvalue weighted by Gasteiger charge is -2.08. The van der Waals surface area contributed by atoms with Gasteiger partial charge in [-0.05, 0) is 23.3 Å². The van der Waals surface area contributed by atoms with E-state index in [1.54, 1.807) is 18.2 Å². The number of phenols is 1. The SMILES string of the molecule is COc1ccc(CNC(=O)C2=NO[C@H](c3ccccc3)C2)cc1O. The van der Waals surface area contributed by atoms with Crippen LogP contribution in [-0.4, -0.2) is 23.8 Å². The highest BCUT2D eigenvalue weighted by Gasteiger charge is 2.27. The Morgan fingerprint density at radius 2 is 2.12 bits per heavy atom. The summed E-state index contributed by atoms with van der Waals surface area (Å²) in [7, 11) is 1.48. The van der Waals surface area contributed by atoms with Gasteiger partial charge in [-0.15, -0.1) is 0 Å². The number of benzene rings is 2. The van der Waals surface area contributed by atoms with E-state index in [9.17, 15) is 9.90 Å². The molecule has 0 saturated carbocycles. The van der Waals surface area contributed by atoms with Gasteiger partial charge in [-0.25, -0.2) is 0 Å². The average Bonchev–Trinajstić information content (AvgIpc) is 3.11. The number of phenolic OH excluding ortho intramolecular Hbond substituents is 1. The molecule has 24 heavy (non-hydrogen) atoms. The van der Waals surface area contributed by atoms with E-state index >= 15 is 0 Å². The van der Waals surface area contributed by atoms with E-state index in [1.165, 1.54) is 7.11 Å². The molecule has 1 aliphatic heterocycles. The molecule has 0 radical (unpaired) electrons. The first-order valence-electron chi connectivity index (χ1n) is 7.59. The average molecular weight is 326 g/mol. The standard InChI is InChI=1S/C18H18N2O4/c1-23-16-8-7-12(9-15(16)21)11-19-18(22)14-10-17(24-20-14)13-5-3-2-4-6-13/h2-9,17,21H,10-11H2,1H3,(H,19,22)/t17-/m0/s1. The monoisotopic (exact) mass is 326 g/mol. The van der Waals surface area contributed by atoms with Gasteiger partial charge >= 0.3 is 0 Å². The Kier molecular flexibility index (Phi) is 4.65. The number of nitrogens with zero attached hydrogens (tertiary/aromatic N) is 1. The molecule has 124 valence electrons. The van der Waals surface area contributed by atoms with Crippen molar-refractivity contribution in [2.45, 2.75) is 19.1 Å². The van der Waals surface area contributed by atoms with E-state index in [2.05, 4.69) is 10.5 Å². The van der Waals surface area contributed by atoms with Gasteiger partial charge in [0.2, 0.25) is 0 Å². The van der Waals surface area contributed by atoms with Crippen molar-refractivity contribution in [1.82, 2.24) is 5.32 Å². The van der Waals surface area contributed by atoms with Gasteiger partial charge in [0.15, 0.2) is 17.6 Å². The zero-order valence-corrected chi connectivity index (χ0v) is 13.2. The molecule has 0 saturated heterocycles. The molecule has 0 bridgehead atoms. The Labute approximate surface area is 139 Å². The molecule has 1 atom stereocenters. The summed E-state index contributed by atoms with van der Waals surface area (Å²) in [6.07, 6.45) is 0.209. The van der Waals surface area contributed by atoms with E-state index in [1.807, 2.05) is 30.3 Å². The van der Waals surface area contributed by atoms with Crippen LogP contribution in [0.2, 0.25) is 0 Å². The molecule has 2 N–H and O–H groups in total. The third kappa shape index (κ3) is 3.48. The zero-order valence-electron chi connectivity index (χ0n) is 13.2. The lowest BCUT2D eigenvalue weighted by atomic mass is 10.0. The Morgan fingerprint density at radius 1 is 1.33 bits per heavy atom. The van der Waals surface area contributed by atoms with E-state index in [0.717, 1.165) is 11.1 Å². The number of aromatic hydroxyl groups is 1. The van der Waals surface area contributed by atoms with Crippen molar-refractivity contribution in [1.29, 1.82) is 0 Å². The Morgan fingerprint density at radius 3 is 2.83 bits per heavy atom. The summed E-state index contributed by atoms with van der Waals surface area (Å²) < 4.78 is 4.99. The second-order valence-corrected chi connectivity index (χ2v) is 5.44. The van der Waals surface area contributed by atoms with Crippen LogP contribution in [0.15, 0.2) is 53.7 Å². The zero-order chi connectivity index (χ0) is 16.9. The molecular weight excluding hydrogens is 308 g/mol. The fourth-order valence-corrected chi connectivity index (χ4v) is 2.49. The summed E-state index contributed by atoms with van der Waals surface area (Å²) in [5, 5.41) is 16.4. The molecular formula is C18H18N2O4. The number of amides is 1. The van der Waals surface area contributed by atoms with E-state index in [0.29, 0.717) is 17.9 Å². The molecule has 0 fully saturated rings. The molecule has 1 aliphatic rings. The molecule has 0 aliphatic carbocycles. The Balaban J connectivity index is 1.55. The van der Waals surface area contributed by atoms with E-state index in [-0.39, 0.29) is 24.3 Å². The Bertz CT molecular complexity index is 759. The first-order chi connectivity index (χ1) is 11.7. The first-order valence-corrected chi connectivity index (χ1v) is 7.59. The number of hydrogen-bond donors (Lipinski definition) is 2. The predicted molar refractivity (Wildman–Crippen MR) is 88.8 cm³/mol. The van der Waals surface area contributed by atoms with Crippen LogP contribution in [0, 0.1) is 0 Å². The third-order valence-electron chi connectivity index (χ3n) is 3.80. The van der Waals surface area contributed by atoms with Crippen LogP contribution < -0.4 is 10.1 Å². The maximum absolute atomic E-state index is 12.2. The normalized spacial score (nSPS) is 16.2. The Hall–Kier alpha value is -3.02. The fraction of sp³-hybridized carbons (Fsp3) is 0.222. The van der Waals surface area contributed by atoms with Crippen LogP contribution in [0.1, 0.15) is 23.7 Å². The van der Waals surface area contributed by atoms with Crippen molar-refractivity contribution in [3.8, 4) is 11.5 Å². The number of nitrogens with one attached hydrogen (secondary N) is 1. The van der Waals surface area contributed by atoms with Gasteiger partial charge in [0.1, 0.15) is 5.71 Å². The van der Waals surface area contributed by atoms with Crippen molar-refractivity contribution in [3.63, 3.8) is 0 Å². The summed E-state index contributed by atoms with van der Waals surface area (Å²) >= 11 is 0. The predicted octanol–water partition coefficient (Wildman–Crippen LogP) is 2.53. The van der Waals surface area contributed by atoms with Crippen molar-refractivity contribution in [3.05, 3.63) is 59.7 Å². The van der Waals surface area contributed by atoms with E-state index in [4.69, 9.17) is 9.57 Å². The highest BCUT2D eigenvalue weighted by molar-refractivity contribution is 6.39. The number of ether oxygens (including phenoxy) is 1. The maximum atomic E-state index is 12.2. The molecule has 2 aromatic rings.